The first-order valence-electron chi connectivity index (χ1n) is 6.32. The molecule has 19 heavy (non-hydrogen) atoms. The molecule has 0 saturated carbocycles. The van der Waals surface area contributed by atoms with Crippen LogP contribution < -0.4 is 0 Å². The molecule has 1 aromatic rings. The van der Waals surface area contributed by atoms with Crippen molar-refractivity contribution in [3.63, 3.8) is 0 Å². The summed E-state index contributed by atoms with van der Waals surface area (Å²) >= 11 is 7.14. The van der Waals surface area contributed by atoms with Crippen LogP contribution in [-0.2, 0) is 15.9 Å². The molecule has 1 aliphatic rings. The molecule has 0 aromatic carbocycles. The molecule has 108 valence electrons. The maximum Gasteiger partial charge on any atom is 0.244 e. The molecule has 1 unspecified atom stereocenters. The molecule has 2 heterocycles. The zero-order valence-electron chi connectivity index (χ0n) is 11.2. The summed E-state index contributed by atoms with van der Waals surface area (Å²) in [6.45, 7) is 4.00. The van der Waals surface area contributed by atoms with Crippen LogP contribution in [-0.4, -0.2) is 50.3 Å². The average Bonchev–Trinajstić information content (AvgIpc) is 2.88. The summed E-state index contributed by atoms with van der Waals surface area (Å²) in [5.74, 6) is 0.362. The van der Waals surface area contributed by atoms with Crippen molar-refractivity contribution in [3.05, 3.63) is 16.3 Å². The van der Waals surface area contributed by atoms with Gasteiger partial charge < -0.3 is 4.90 Å². The lowest BCUT2D eigenvalue weighted by Crippen LogP contribution is -2.52. The van der Waals surface area contributed by atoms with Crippen molar-refractivity contribution < 1.29 is 8.42 Å². The quantitative estimate of drug-likeness (QED) is 0.798. The van der Waals surface area contributed by atoms with Gasteiger partial charge in [0.1, 0.15) is 0 Å². The average molecular weight is 323 g/mol. The summed E-state index contributed by atoms with van der Waals surface area (Å²) in [4.78, 5) is 3.50. The van der Waals surface area contributed by atoms with E-state index in [4.69, 9.17) is 11.6 Å². The molecular formula is C12H19ClN2O2S2. The number of nitrogens with zero attached hydrogens (tertiary/aromatic N) is 2. The summed E-state index contributed by atoms with van der Waals surface area (Å²) in [6, 6.07) is 1.99. The summed E-state index contributed by atoms with van der Waals surface area (Å²) in [5, 5.41) is 1.69. The van der Waals surface area contributed by atoms with Gasteiger partial charge in [-0.25, -0.2) is 8.42 Å². The van der Waals surface area contributed by atoms with Crippen LogP contribution in [0.3, 0.4) is 0 Å². The molecule has 1 aliphatic heterocycles. The van der Waals surface area contributed by atoms with Crippen LogP contribution >= 0.6 is 22.9 Å². The second-order valence-corrected chi connectivity index (χ2v) is 7.99. The number of alkyl halides is 1. The molecule has 0 aliphatic carbocycles. The van der Waals surface area contributed by atoms with Gasteiger partial charge in [0, 0.05) is 35.9 Å². The van der Waals surface area contributed by atoms with E-state index in [1.54, 1.807) is 15.8 Å². The van der Waals surface area contributed by atoms with Gasteiger partial charge in [-0.05, 0) is 19.5 Å². The Labute approximate surface area is 124 Å². The predicted molar refractivity (Wildman–Crippen MR) is 79.3 cm³/mol. The van der Waals surface area contributed by atoms with Crippen LogP contribution in [0.1, 0.15) is 18.2 Å². The first kappa shape index (κ1) is 15.3. The lowest BCUT2D eigenvalue weighted by molar-refractivity contribution is 0.144. The van der Waals surface area contributed by atoms with Gasteiger partial charge in [0.2, 0.25) is 10.0 Å². The summed E-state index contributed by atoms with van der Waals surface area (Å²) in [7, 11) is -1.31. The largest absolute Gasteiger partial charge is 0.301 e. The Morgan fingerprint density at radius 1 is 1.47 bits per heavy atom. The van der Waals surface area contributed by atoms with E-state index < -0.39 is 10.0 Å². The van der Waals surface area contributed by atoms with Gasteiger partial charge >= 0.3 is 0 Å². The van der Waals surface area contributed by atoms with Crippen LogP contribution in [0.2, 0.25) is 0 Å². The minimum Gasteiger partial charge on any atom is -0.301 e. The van der Waals surface area contributed by atoms with E-state index in [0.29, 0.717) is 29.9 Å². The Morgan fingerprint density at radius 3 is 2.79 bits per heavy atom. The molecule has 1 fully saturated rings. The number of hydrogen-bond donors (Lipinski definition) is 0. The lowest BCUT2D eigenvalue weighted by Gasteiger charge is -2.38. The highest BCUT2D eigenvalue weighted by Gasteiger charge is 2.32. The van der Waals surface area contributed by atoms with Crippen molar-refractivity contribution in [1.29, 1.82) is 0 Å². The summed E-state index contributed by atoms with van der Waals surface area (Å²) in [6.07, 6.45) is 0.957. The number of halogens is 1. The smallest absolute Gasteiger partial charge is 0.244 e. The van der Waals surface area contributed by atoms with Gasteiger partial charge in [0.05, 0.1) is 10.8 Å². The maximum absolute atomic E-state index is 12.6. The van der Waals surface area contributed by atoms with E-state index in [1.807, 2.05) is 7.05 Å². The molecular weight excluding hydrogens is 304 g/mol. The standard InChI is InChI=1S/C12H19ClN2O2S2/c1-3-10-8-15(5-4-14(10)2)19(16,17)12-6-11(7-13)18-9-12/h6,9-10H,3-5,7-8H2,1-2H3. The minimum atomic E-state index is -3.36. The van der Waals surface area contributed by atoms with Gasteiger partial charge in [-0.3, -0.25) is 0 Å². The fraction of sp³-hybridized carbons (Fsp3) is 0.667. The number of rotatable bonds is 4. The van der Waals surface area contributed by atoms with Crippen molar-refractivity contribution in [2.75, 3.05) is 26.7 Å². The van der Waals surface area contributed by atoms with Crippen LogP contribution in [0.5, 0.6) is 0 Å². The second kappa shape index (κ2) is 6.10. The summed E-state index contributed by atoms with van der Waals surface area (Å²) in [5.41, 5.74) is 0. The van der Waals surface area contributed by atoms with Crippen molar-refractivity contribution in [2.24, 2.45) is 0 Å². The van der Waals surface area contributed by atoms with Gasteiger partial charge in [-0.15, -0.1) is 22.9 Å². The molecule has 7 heteroatoms. The van der Waals surface area contributed by atoms with Gasteiger partial charge in [-0.2, -0.15) is 4.31 Å². The Morgan fingerprint density at radius 2 is 2.21 bits per heavy atom. The van der Waals surface area contributed by atoms with Crippen LogP contribution in [0.25, 0.3) is 0 Å². The van der Waals surface area contributed by atoms with Crippen molar-refractivity contribution >= 4 is 33.0 Å². The SMILES string of the molecule is CCC1CN(S(=O)(=O)c2csc(CCl)c2)CCN1C. The first-order valence-corrected chi connectivity index (χ1v) is 9.18. The number of sulfonamides is 1. The van der Waals surface area contributed by atoms with Crippen LogP contribution in [0, 0.1) is 0 Å². The third-order valence-electron chi connectivity index (χ3n) is 3.61. The lowest BCUT2D eigenvalue weighted by atomic mass is 10.1. The molecule has 0 radical (unpaired) electrons. The molecule has 0 bridgehead atoms. The summed E-state index contributed by atoms with van der Waals surface area (Å²) < 4.78 is 26.7. The molecule has 0 amide bonds. The molecule has 0 N–H and O–H groups in total. The Bertz CT molecular complexity index is 530. The van der Waals surface area contributed by atoms with E-state index in [-0.39, 0.29) is 0 Å². The normalized spacial score (nSPS) is 22.8. The zero-order valence-corrected chi connectivity index (χ0v) is 13.6. The van der Waals surface area contributed by atoms with E-state index in [2.05, 4.69) is 11.8 Å². The zero-order chi connectivity index (χ0) is 14.0. The maximum atomic E-state index is 12.6. The third-order valence-corrected chi connectivity index (χ3v) is 6.99. The fourth-order valence-corrected chi connectivity index (χ4v) is 5.14. The fourth-order valence-electron chi connectivity index (χ4n) is 2.29. The Hall–Kier alpha value is -0.140. The number of thiophene rings is 1. The number of hydrogen-bond acceptors (Lipinski definition) is 4. The van der Waals surface area contributed by atoms with E-state index in [1.165, 1.54) is 11.3 Å². The topological polar surface area (TPSA) is 40.6 Å². The third kappa shape index (κ3) is 3.13. The van der Waals surface area contributed by atoms with Gasteiger partial charge in [-0.1, -0.05) is 6.92 Å². The molecule has 1 aromatic heterocycles. The van der Waals surface area contributed by atoms with Crippen molar-refractivity contribution in [2.45, 2.75) is 30.2 Å². The highest BCUT2D eigenvalue weighted by atomic mass is 35.5. The predicted octanol–water partition coefficient (Wildman–Crippen LogP) is 2.20. The monoisotopic (exact) mass is 322 g/mol. The Kier molecular flexibility index (Phi) is 4.89. The van der Waals surface area contributed by atoms with Gasteiger partial charge in [0.15, 0.2) is 0 Å². The second-order valence-electron chi connectivity index (χ2n) is 4.79. The van der Waals surface area contributed by atoms with E-state index >= 15 is 0 Å². The Balaban J connectivity index is 2.20. The van der Waals surface area contributed by atoms with Crippen molar-refractivity contribution in [1.82, 2.24) is 9.21 Å². The highest BCUT2D eigenvalue weighted by molar-refractivity contribution is 7.89. The number of likely N-dealkylation sites (N-methyl/N-ethyl adjacent to an activating group) is 1. The molecule has 2 rings (SSSR count). The molecule has 0 spiro atoms. The van der Waals surface area contributed by atoms with E-state index in [0.717, 1.165) is 17.8 Å². The van der Waals surface area contributed by atoms with Crippen molar-refractivity contribution in [3.8, 4) is 0 Å². The molecule has 1 atom stereocenters. The first-order chi connectivity index (χ1) is 8.98. The minimum absolute atomic E-state index is 0.301. The van der Waals surface area contributed by atoms with E-state index in [9.17, 15) is 8.42 Å². The van der Waals surface area contributed by atoms with Gasteiger partial charge in [0.25, 0.3) is 0 Å². The highest BCUT2D eigenvalue weighted by Crippen LogP contribution is 2.25. The van der Waals surface area contributed by atoms with Crippen LogP contribution in [0.15, 0.2) is 16.3 Å². The molecule has 4 nitrogen and oxygen atoms in total. The molecule has 1 saturated heterocycles. The van der Waals surface area contributed by atoms with Crippen LogP contribution in [0.4, 0.5) is 0 Å². The number of piperazine rings is 1.